The number of nitrogens with zero attached hydrogens (tertiary/aromatic N) is 3. The molecule has 2 aromatic carbocycles. The molecule has 3 rings (SSSR count). The van der Waals surface area contributed by atoms with Crippen molar-refractivity contribution in [3.63, 3.8) is 0 Å². The lowest BCUT2D eigenvalue weighted by Crippen LogP contribution is -2.23. The molecule has 0 saturated carbocycles. The Morgan fingerprint density at radius 1 is 1.20 bits per heavy atom. The number of rotatable bonds is 7. The van der Waals surface area contributed by atoms with Crippen molar-refractivity contribution in [3.05, 3.63) is 64.7 Å². The van der Waals surface area contributed by atoms with E-state index in [0.29, 0.717) is 28.0 Å². The second kappa shape index (κ2) is 9.73. The number of hydrogen-bond donors (Lipinski definition) is 3. The predicted octanol–water partition coefficient (Wildman–Crippen LogP) is 4.56. The fraction of sp³-hybridized carbons (Fsp3) is 0.200. The Hall–Kier alpha value is -2.91. The number of thioether (sulfide) groups is 1. The van der Waals surface area contributed by atoms with Crippen LogP contribution in [-0.2, 0) is 10.5 Å². The van der Waals surface area contributed by atoms with Crippen LogP contribution in [0.2, 0.25) is 5.02 Å². The van der Waals surface area contributed by atoms with Gasteiger partial charge in [-0.2, -0.15) is 15.0 Å². The van der Waals surface area contributed by atoms with Crippen LogP contribution in [0.5, 0.6) is 0 Å². The molecule has 156 valence electrons. The molecule has 0 fully saturated rings. The SMILES string of the molecule is Cc1c(Cl)cccc1NC(=O)[C@@H](C)SCc1nc(N)nc(Nc2ccc(F)cc2)n1. The largest absolute Gasteiger partial charge is 0.368 e. The van der Waals surface area contributed by atoms with E-state index in [-0.39, 0.29) is 28.9 Å². The summed E-state index contributed by atoms with van der Waals surface area (Å²) in [6.07, 6.45) is 0. The summed E-state index contributed by atoms with van der Waals surface area (Å²) in [5.41, 5.74) is 7.88. The maximum Gasteiger partial charge on any atom is 0.237 e. The van der Waals surface area contributed by atoms with Crippen molar-refractivity contribution in [1.82, 2.24) is 15.0 Å². The highest BCUT2D eigenvalue weighted by molar-refractivity contribution is 7.99. The van der Waals surface area contributed by atoms with Crippen LogP contribution < -0.4 is 16.4 Å². The fourth-order valence-electron chi connectivity index (χ4n) is 2.47. The van der Waals surface area contributed by atoms with Crippen molar-refractivity contribution >= 4 is 52.5 Å². The lowest BCUT2D eigenvalue weighted by atomic mass is 10.2. The molecule has 0 saturated heterocycles. The van der Waals surface area contributed by atoms with Crippen molar-refractivity contribution in [1.29, 1.82) is 0 Å². The third-order valence-corrected chi connectivity index (χ3v) is 5.71. The summed E-state index contributed by atoms with van der Waals surface area (Å²) in [4.78, 5) is 25.0. The quantitative estimate of drug-likeness (QED) is 0.488. The van der Waals surface area contributed by atoms with Gasteiger partial charge >= 0.3 is 0 Å². The average molecular weight is 447 g/mol. The summed E-state index contributed by atoms with van der Waals surface area (Å²) < 4.78 is 13.0. The highest BCUT2D eigenvalue weighted by Gasteiger charge is 2.16. The van der Waals surface area contributed by atoms with Gasteiger partial charge in [0.2, 0.25) is 17.8 Å². The monoisotopic (exact) mass is 446 g/mol. The lowest BCUT2D eigenvalue weighted by Gasteiger charge is -2.14. The van der Waals surface area contributed by atoms with Gasteiger partial charge in [0, 0.05) is 16.4 Å². The van der Waals surface area contributed by atoms with Crippen LogP contribution in [-0.4, -0.2) is 26.1 Å². The van der Waals surface area contributed by atoms with Crippen LogP contribution in [0.3, 0.4) is 0 Å². The molecule has 1 amide bonds. The number of carbonyl (C=O) groups excluding carboxylic acids is 1. The van der Waals surface area contributed by atoms with E-state index in [4.69, 9.17) is 17.3 Å². The van der Waals surface area contributed by atoms with Gasteiger partial charge in [0.25, 0.3) is 0 Å². The summed E-state index contributed by atoms with van der Waals surface area (Å²) >= 11 is 7.46. The van der Waals surface area contributed by atoms with E-state index < -0.39 is 0 Å². The number of benzene rings is 2. The van der Waals surface area contributed by atoms with E-state index in [9.17, 15) is 9.18 Å². The molecule has 30 heavy (non-hydrogen) atoms. The maximum absolute atomic E-state index is 13.0. The second-order valence-electron chi connectivity index (χ2n) is 6.42. The zero-order valence-electron chi connectivity index (χ0n) is 16.3. The molecule has 1 atom stereocenters. The van der Waals surface area contributed by atoms with E-state index in [1.54, 1.807) is 37.3 Å². The number of nitrogens with two attached hydrogens (primary N) is 1. The van der Waals surface area contributed by atoms with Crippen LogP contribution in [0.25, 0.3) is 0 Å². The summed E-state index contributed by atoms with van der Waals surface area (Å²) in [5.74, 6) is 0.586. The first kappa shape index (κ1) is 21.8. The van der Waals surface area contributed by atoms with Crippen molar-refractivity contribution < 1.29 is 9.18 Å². The topological polar surface area (TPSA) is 106 Å². The standard InChI is InChI=1S/C20H20ClFN6OS/c1-11-15(21)4-3-5-16(11)25-18(29)12(2)30-10-17-26-19(23)28-20(27-17)24-14-8-6-13(22)7-9-14/h3-9,12H,10H2,1-2H3,(H,25,29)(H3,23,24,26,27,28)/t12-/m1/s1. The number of nitrogen functional groups attached to an aromatic ring is 1. The van der Waals surface area contributed by atoms with Crippen molar-refractivity contribution in [3.8, 4) is 0 Å². The highest BCUT2D eigenvalue weighted by Crippen LogP contribution is 2.25. The summed E-state index contributed by atoms with van der Waals surface area (Å²) in [6, 6.07) is 11.1. The first-order valence-corrected chi connectivity index (χ1v) is 10.4. The zero-order valence-corrected chi connectivity index (χ0v) is 17.9. The van der Waals surface area contributed by atoms with Crippen molar-refractivity contribution in [2.24, 2.45) is 0 Å². The van der Waals surface area contributed by atoms with E-state index in [0.717, 1.165) is 5.56 Å². The Bertz CT molecular complexity index is 1050. The number of carbonyl (C=O) groups is 1. The van der Waals surface area contributed by atoms with Gasteiger partial charge in [-0.3, -0.25) is 4.79 Å². The minimum Gasteiger partial charge on any atom is -0.368 e. The summed E-state index contributed by atoms with van der Waals surface area (Å²) in [5, 5.41) is 6.07. The van der Waals surface area contributed by atoms with E-state index in [1.807, 2.05) is 6.92 Å². The number of hydrogen-bond acceptors (Lipinski definition) is 7. The Balaban J connectivity index is 1.61. The van der Waals surface area contributed by atoms with Gasteiger partial charge < -0.3 is 16.4 Å². The molecule has 0 aliphatic carbocycles. The van der Waals surface area contributed by atoms with Gasteiger partial charge in [-0.15, -0.1) is 11.8 Å². The molecule has 0 radical (unpaired) electrons. The normalized spacial score (nSPS) is 11.7. The molecule has 7 nitrogen and oxygen atoms in total. The molecule has 1 heterocycles. The number of amides is 1. The van der Waals surface area contributed by atoms with Crippen LogP contribution >= 0.6 is 23.4 Å². The molecule has 0 bridgehead atoms. The summed E-state index contributed by atoms with van der Waals surface area (Å²) in [6.45, 7) is 3.64. The van der Waals surface area contributed by atoms with E-state index in [2.05, 4.69) is 25.6 Å². The van der Waals surface area contributed by atoms with Gasteiger partial charge in [-0.25, -0.2) is 4.39 Å². The minimum absolute atomic E-state index is 0.0527. The first-order valence-electron chi connectivity index (χ1n) is 9.02. The molecule has 0 spiro atoms. The van der Waals surface area contributed by atoms with Gasteiger partial charge in [-0.05, 0) is 55.8 Å². The molecular weight excluding hydrogens is 427 g/mol. The molecular formula is C20H20ClFN6OS. The molecule has 0 unspecified atom stereocenters. The Kier molecular flexibility index (Phi) is 7.07. The third-order valence-electron chi connectivity index (χ3n) is 4.16. The number of aromatic nitrogens is 3. The molecule has 10 heteroatoms. The lowest BCUT2D eigenvalue weighted by molar-refractivity contribution is -0.115. The molecule has 0 aliphatic rings. The zero-order chi connectivity index (χ0) is 21.7. The van der Waals surface area contributed by atoms with Gasteiger partial charge in [-0.1, -0.05) is 17.7 Å². The number of nitrogens with one attached hydrogen (secondary N) is 2. The van der Waals surface area contributed by atoms with Crippen LogP contribution in [0.15, 0.2) is 42.5 Å². The fourth-order valence-corrected chi connectivity index (χ4v) is 3.39. The molecule has 4 N–H and O–H groups in total. The molecule has 1 aromatic heterocycles. The Morgan fingerprint density at radius 2 is 1.93 bits per heavy atom. The Morgan fingerprint density at radius 3 is 2.67 bits per heavy atom. The van der Waals surface area contributed by atoms with Gasteiger partial charge in [0.1, 0.15) is 11.6 Å². The van der Waals surface area contributed by atoms with Crippen LogP contribution in [0.1, 0.15) is 18.3 Å². The minimum atomic E-state index is -0.366. The van der Waals surface area contributed by atoms with Crippen molar-refractivity contribution in [2.75, 3.05) is 16.4 Å². The number of anilines is 4. The molecule has 0 aliphatic heterocycles. The summed E-state index contributed by atoms with van der Waals surface area (Å²) in [7, 11) is 0. The highest BCUT2D eigenvalue weighted by atomic mass is 35.5. The first-order chi connectivity index (χ1) is 14.3. The third kappa shape index (κ3) is 5.80. The average Bonchev–Trinajstić information content (AvgIpc) is 2.71. The van der Waals surface area contributed by atoms with Crippen molar-refractivity contribution in [2.45, 2.75) is 24.9 Å². The van der Waals surface area contributed by atoms with E-state index in [1.165, 1.54) is 23.9 Å². The van der Waals surface area contributed by atoms with E-state index >= 15 is 0 Å². The Labute approximate surface area is 182 Å². The number of halogens is 2. The van der Waals surface area contributed by atoms with Crippen LogP contribution in [0, 0.1) is 12.7 Å². The second-order valence-corrected chi connectivity index (χ2v) is 8.16. The molecule has 3 aromatic rings. The smallest absolute Gasteiger partial charge is 0.237 e. The van der Waals surface area contributed by atoms with Gasteiger partial charge in [0.15, 0.2) is 0 Å². The van der Waals surface area contributed by atoms with Crippen LogP contribution in [0.4, 0.5) is 27.7 Å². The van der Waals surface area contributed by atoms with Gasteiger partial charge in [0.05, 0.1) is 11.0 Å². The predicted molar refractivity (Wildman–Crippen MR) is 119 cm³/mol. The maximum atomic E-state index is 13.0.